The molecule has 5 aromatic heterocycles. The summed E-state index contributed by atoms with van der Waals surface area (Å²) >= 11 is 6.11. The topological polar surface area (TPSA) is 196 Å². The molecule has 66 heavy (non-hydrogen) atoms. The summed E-state index contributed by atoms with van der Waals surface area (Å²) in [7, 11) is 0. The first-order chi connectivity index (χ1) is 31.6. The average molecular weight is 928 g/mol. The number of hydrogen-bond acceptors (Lipinski definition) is 12. The van der Waals surface area contributed by atoms with Gasteiger partial charge in [0.2, 0.25) is 16.9 Å². The number of hydrogen-bond donors (Lipinski definition) is 2. The Morgan fingerprint density at radius 2 is 1.21 bits per heavy atom. The van der Waals surface area contributed by atoms with E-state index in [1.54, 1.807) is 80.6 Å². The molecule has 5 heterocycles. The zero-order valence-corrected chi connectivity index (χ0v) is 36.3. The second kappa shape index (κ2) is 23.2. The molecule has 0 unspecified atom stereocenters. The second-order valence-electron chi connectivity index (χ2n) is 14.0. The smallest absolute Gasteiger partial charge is 0.334 e. The Kier molecular flexibility index (Phi) is 17.3. The Balaban J connectivity index is 0.000000160. The number of aryl methyl sites for hydroxylation is 4. The van der Waals surface area contributed by atoms with E-state index in [1.165, 1.54) is 62.4 Å². The van der Waals surface area contributed by atoms with Crippen molar-refractivity contribution in [1.29, 1.82) is 0 Å². The van der Waals surface area contributed by atoms with Crippen LogP contribution in [-0.2, 0) is 17.6 Å². The molecule has 0 amide bonds. The molecular weight excluding hydrogens is 888 g/mol. The minimum atomic E-state index is -0.499. The van der Waals surface area contributed by atoms with Crippen molar-refractivity contribution in [2.24, 2.45) is 0 Å². The number of aromatic nitrogens is 5. The third-order valence-electron chi connectivity index (χ3n) is 9.24. The Morgan fingerprint density at radius 3 is 1.71 bits per heavy atom. The molecule has 0 atom stereocenters. The fourth-order valence-electron chi connectivity index (χ4n) is 5.93. The van der Waals surface area contributed by atoms with Crippen LogP contribution >= 0.6 is 11.6 Å². The van der Waals surface area contributed by atoms with Crippen LogP contribution in [0.1, 0.15) is 34.0 Å². The summed E-state index contributed by atoms with van der Waals surface area (Å²) in [5.74, 6) is -0.851. The minimum Gasteiger partial charge on any atom is -0.396 e. The number of carbonyl (C=O) groups excluding carboxylic acids is 1. The normalized spacial score (nSPS) is 10.4. The Hall–Kier alpha value is -7.83. The van der Waals surface area contributed by atoms with E-state index < -0.39 is 4.92 Å². The van der Waals surface area contributed by atoms with Gasteiger partial charge in [-0.1, -0.05) is 51.3 Å². The molecule has 0 fully saturated rings. The van der Waals surface area contributed by atoms with Crippen molar-refractivity contribution in [3.8, 4) is 22.5 Å². The van der Waals surface area contributed by atoms with Gasteiger partial charge in [0.15, 0.2) is 11.4 Å². The maximum absolute atomic E-state index is 12.9. The number of halogens is 5. The van der Waals surface area contributed by atoms with Crippen LogP contribution in [0.4, 0.5) is 23.2 Å². The highest BCUT2D eigenvalue weighted by atomic mass is 35.5. The third-order valence-corrected chi connectivity index (χ3v) is 9.52. The molecule has 4 aromatic carbocycles. The highest BCUT2D eigenvalue weighted by Gasteiger charge is 2.23. The van der Waals surface area contributed by atoms with Gasteiger partial charge in [-0.15, -0.1) is 0 Å². The lowest BCUT2D eigenvalue weighted by Gasteiger charge is -2.02. The van der Waals surface area contributed by atoms with Gasteiger partial charge in [-0.2, -0.15) is 0 Å². The number of aldehydes is 1. The predicted molar refractivity (Wildman–Crippen MR) is 234 cm³/mol. The van der Waals surface area contributed by atoms with E-state index in [2.05, 4.69) is 25.0 Å². The Bertz CT molecular complexity index is 3000. The number of nitro groups is 1. The molecule has 0 saturated carbocycles. The number of aliphatic hydroxyl groups excluding tert-OH is 1. The van der Waals surface area contributed by atoms with Gasteiger partial charge < -0.3 is 23.5 Å². The number of carbonyl (C=O) groups is 1. The van der Waals surface area contributed by atoms with E-state index >= 15 is 0 Å². The molecule has 0 aliphatic carbocycles. The number of nitrogens with zero attached hydrogens (tertiary/aromatic N) is 6. The molecule has 340 valence electrons. The standard InChI is InChI=1S/C13H8ClFN2O.C13H10FN2O2.C8H9FO.C8H7FO.C5H6N2O3/c1-7-12-13(18-17-7)10(14)6-11(16-12)8-2-4-9(15)5-3-8;1-8-13-12(18-15-8)7-6-11(16(13)17)9-2-4-10(14)5-3-9;2*9-8-3-1-7(2-4-8)5-6-10;1-3-5(7(8)9)4(2)10-6-3/h2-6H,1H3;2-7,17H,1H3;1-4,10H,5-6H2;1-4,6H,5H2;1-2H3/q;+1;;;. The molecule has 0 bridgehead atoms. The fraction of sp³-hybridized carbons (Fsp3) is 0.149. The van der Waals surface area contributed by atoms with Gasteiger partial charge in [0, 0.05) is 36.3 Å². The molecule has 14 nitrogen and oxygen atoms in total. The van der Waals surface area contributed by atoms with Gasteiger partial charge in [-0.25, -0.2) is 22.5 Å². The Morgan fingerprint density at radius 1 is 0.697 bits per heavy atom. The van der Waals surface area contributed by atoms with Gasteiger partial charge >= 0.3 is 11.2 Å². The molecule has 0 aliphatic rings. The van der Waals surface area contributed by atoms with Crippen LogP contribution in [0.2, 0.25) is 5.02 Å². The number of rotatable bonds is 7. The van der Waals surface area contributed by atoms with Crippen molar-refractivity contribution in [2.45, 2.75) is 40.5 Å². The van der Waals surface area contributed by atoms with Crippen molar-refractivity contribution in [3.05, 3.63) is 188 Å². The number of fused-ring (bicyclic) bond motifs is 2. The van der Waals surface area contributed by atoms with Gasteiger partial charge in [0.05, 0.1) is 21.2 Å². The summed E-state index contributed by atoms with van der Waals surface area (Å²) in [5, 5.41) is 40.3. The van der Waals surface area contributed by atoms with E-state index in [4.69, 9.17) is 25.8 Å². The van der Waals surface area contributed by atoms with Crippen molar-refractivity contribution in [2.75, 3.05) is 6.61 Å². The molecule has 0 aliphatic heterocycles. The third kappa shape index (κ3) is 13.1. The Labute approximate surface area is 378 Å². The van der Waals surface area contributed by atoms with Crippen LogP contribution in [-0.4, -0.2) is 48.6 Å². The van der Waals surface area contributed by atoms with Crippen molar-refractivity contribution >= 4 is 45.8 Å². The lowest BCUT2D eigenvalue weighted by Crippen LogP contribution is -2.33. The predicted octanol–water partition coefficient (Wildman–Crippen LogP) is 10.6. The van der Waals surface area contributed by atoms with Crippen molar-refractivity contribution in [1.82, 2.24) is 20.5 Å². The first-order valence-corrected chi connectivity index (χ1v) is 20.0. The van der Waals surface area contributed by atoms with Crippen LogP contribution in [0.3, 0.4) is 0 Å². The summed E-state index contributed by atoms with van der Waals surface area (Å²) in [6, 6.07) is 29.1. The highest BCUT2D eigenvalue weighted by molar-refractivity contribution is 6.35. The van der Waals surface area contributed by atoms with E-state index in [-0.39, 0.29) is 41.3 Å². The van der Waals surface area contributed by atoms with Crippen LogP contribution < -0.4 is 4.73 Å². The summed E-state index contributed by atoms with van der Waals surface area (Å²) in [6.07, 6.45) is 1.76. The SMILES string of the molecule is Cc1noc(C)c1[N+](=O)[O-].Cc1noc2c(Cl)cc(-c3ccc(F)cc3)nc12.Cc1noc2ccc(-c3ccc(F)cc3)[n+](O)c12.O=CCc1ccc(F)cc1.OCCc1ccc(F)cc1. The van der Waals surface area contributed by atoms with E-state index in [0.29, 0.717) is 74.1 Å². The molecule has 9 aromatic rings. The van der Waals surface area contributed by atoms with Crippen LogP contribution in [0, 0.1) is 61.1 Å². The summed E-state index contributed by atoms with van der Waals surface area (Å²) in [5.41, 5.74) is 8.20. The summed E-state index contributed by atoms with van der Waals surface area (Å²) in [4.78, 5) is 24.1. The van der Waals surface area contributed by atoms with Crippen molar-refractivity contribution in [3.63, 3.8) is 0 Å². The number of benzene rings is 4. The van der Waals surface area contributed by atoms with E-state index in [0.717, 1.165) is 27.7 Å². The maximum Gasteiger partial charge on any atom is 0.334 e. The monoisotopic (exact) mass is 927 g/mol. The van der Waals surface area contributed by atoms with Crippen LogP contribution in [0.5, 0.6) is 0 Å². The zero-order chi connectivity index (χ0) is 47.9. The summed E-state index contributed by atoms with van der Waals surface area (Å²) in [6.45, 7) is 6.70. The quantitative estimate of drug-likeness (QED) is 0.0384. The lowest BCUT2D eigenvalue weighted by molar-refractivity contribution is -0.876. The number of pyridine rings is 2. The summed E-state index contributed by atoms with van der Waals surface area (Å²) < 4.78 is 66.0. The van der Waals surface area contributed by atoms with Gasteiger partial charge in [-0.05, 0) is 123 Å². The molecule has 9 rings (SSSR count). The molecular formula is C47H40ClF4N6O8+. The van der Waals surface area contributed by atoms with Gasteiger partial charge in [0.25, 0.3) is 5.69 Å². The molecule has 19 heteroatoms. The zero-order valence-electron chi connectivity index (χ0n) is 35.6. The maximum atomic E-state index is 12.9. The molecule has 0 spiro atoms. The average Bonchev–Trinajstić information content (AvgIpc) is 3.99. The fourth-order valence-corrected chi connectivity index (χ4v) is 6.16. The first kappa shape index (κ1) is 49.2. The first-order valence-electron chi connectivity index (χ1n) is 19.6. The van der Waals surface area contributed by atoms with Crippen LogP contribution in [0.25, 0.3) is 44.7 Å². The molecule has 0 saturated heterocycles. The molecule has 0 radical (unpaired) electrons. The minimum absolute atomic E-state index is 0.0278. The van der Waals surface area contributed by atoms with Gasteiger partial charge in [0.1, 0.15) is 40.8 Å². The second-order valence-corrected chi connectivity index (χ2v) is 14.4. The highest BCUT2D eigenvalue weighted by Crippen LogP contribution is 2.30. The van der Waals surface area contributed by atoms with E-state index in [9.17, 15) is 37.7 Å². The van der Waals surface area contributed by atoms with Crippen LogP contribution in [0.15, 0.2) is 129 Å². The van der Waals surface area contributed by atoms with E-state index in [1.807, 2.05) is 0 Å². The number of aliphatic hydroxyl groups is 1. The van der Waals surface area contributed by atoms with Gasteiger partial charge in [-0.3, -0.25) is 15.3 Å². The largest absolute Gasteiger partial charge is 0.396 e. The lowest BCUT2D eigenvalue weighted by atomic mass is 10.1. The molecule has 2 N–H and O–H groups in total. The van der Waals surface area contributed by atoms with Crippen molar-refractivity contribution < 1.29 is 55.9 Å².